The minimum atomic E-state index is -3.27. The highest BCUT2D eigenvalue weighted by molar-refractivity contribution is 7.89. The highest BCUT2D eigenvalue weighted by atomic mass is 32.2. The van der Waals surface area contributed by atoms with Gasteiger partial charge in [-0.1, -0.05) is 0 Å². The topological polar surface area (TPSA) is 101 Å². The maximum Gasteiger partial charge on any atom is 0.226 e. The first-order valence-electron chi connectivity index (χ1n) is 14.2. The first-order valence-corrected chi connectivity index (χ1v) is 17.1. The fraction of sp³-hybridized carbons (Fsp3) is 0.607. The van der Waals surface area contributed by atoms with Crippen molar-refractivity contribution < 1.29 is 17.9 Å². The van der Waals surface area contributed by atoms with Crippen LogP contribution in [0.3, 0.4) is 0 Å². The number of aromatic nitrogens is 3. The van der Waals surface area contributed by atoms with Crippen LogP contribution in [0.4, 0.5) is 5.95 Å². The summed E-state index contributed by atoms with van der Waals surface area (Å²) in [5.74, 6) is 0.942. The third-order valence-electron chi connectivity index (χ3n) is 8.78. The van der Waals surface area contributed by atoms with Crippen molar-refractivity contribution in [3.63, 3.8) is 0 Å². The zero-order chi connectivity index (χ0) is 27.4. The number of thiophene rings is 1. The molecule has 0 saturated carbocycles. The van der Waals surface area contributed by atoms with Crippen LogP contribution in [0.25, 0.3) is 21.5 Å². The predicted molar refractivity (Wildman–Crippen MR) is 156 cm³/mol. The van der Waals surface area contributed by atoms with Gasteiger partial charge < -0.3 is 14.4 Å². The van der Waals surface area contributed by atoms with Gasteiger partial charge in [0.15, 0.2) is 9.84 Å². The van der Waals surface area contributed by atoms with Crippen LogP contribution in [0.15, 0.2) is 17.6 Å². The summed E-state index contributed by atoms with van der Waals surface area (Å²) in [6.07, 6.45) is 7.70. The average molecular weight is 585 g/mol. The maximum absolute atomic E-state index is 12.2. The summed E-state index contributed by atoms with van der Waals surface area (Å²) < 4.78 is 36.2. The highest BCUT2D eigenvalue weighted by Crippen LogP contribution is 2.39. The number of fused-ring (bicyclic) bond motifs is 3. The van der Waals surface area contributed by atoms with E-state index in [4.69, 9.17) is 19.4 Å². The average Bonchev–Trinajstić information content (AvgIpc) is 3.62. The number of rotatable bonds is 8. The molecule has 4 fully saturated rings. The molecule has 0 N–H and O–H groups in total. The van der Waals surface area contributed by atoms with Crippen LogP contribution < -0.4 is 9.64 Å². The van der Waals surface area contributed by atoms with Gasteiger partial charge >= 0.3 is 0 Å². The maximum atomic E-state index is 12.2. The van der Waals surface area contributed by atoms with Gasteiger partial charge in [0, 0.05) is 74.0 Å². The second-order valence-electron chi connectivity index (χ2n) is 11.7. The Balaban J connectivity index is 1.25. The van der Waals surface area contributed by atoms with Crippen LogP contribution in [0.2, 0.25) is 0 Å². The number of likely N-dealkylation sites (tertiary alicyclic amines) is 2. The van der Waals surface area contributed by atoms with Crippen LogP contribution in [0, 0.1) is 0 Å². The second kappa shape index (κ2) is 10.5. The number of anilines is 1. The van der Waals surface area contributed by atoms with Crippen molar-refractivity contribution >= 4 is 37.3 Å². The van der Waals surface area contributed by atoms with E-state index in [1.807, 2.05) is 6.07 Å². The van der Waals surface area contributed by atoms with Crippen molar-refractivity contribution in [2.75, 3.05) is 57.7 Å². The van der Waals surface area contributed by atoms with E-state index >= 15 is 0 Å². The van der Waals surface area contributed by atoms with Gasteiger partial charge in [-0.25, -0.2) is 23.4 Å². The summed E-state index contributed by atoms with van der Waals surface area (Å²) >= 11 is 1.67. The van der Waals surface area contributed by atoms with E-state index in [-0.39, 0.29) is 5.75 Å². The second-order valence-corrected chi connectivity index (χ2v) is 14.7. The normalized spacial score (nSPS) is 24.2. The van der Waals surface area contributed by atoms with Gasteiger partial charge in [-0.3, -0.25) is 9.80 Å². The Kier molecular flexibility index (Phi) is 6.94. The Labute approximate surface area is 239 Å². The number of pyridine rings is 1. The number of hydrogen-bond acceptors (Lipinski definition) is 11. The lowest BCUT2D eigenvalue weighted by molar-refractivity contribution is -0.0804. The minimum Gasteiger partial charge on any atom is -0.481 e. The van der Waals surface area contributed by atoms with Gasteiger partial charge in [0.05, 0.1) is 48.0 Å². The van der Waals surface area contributed by atoms with E-state index in [0.717, 1.165) is 86.2 Å². The van der Waals surface area contributed by atoms with Crippen molar-refractivity contribution in [3.05, 3.63) is 28.8 Å². The number of piperazine rings is 1. The molecule has 0 aliphatic carbocycles. The molecule has 7 heterocycles. The van der Waals surface area contributed by atoms with Gasteiger partial charge in [-0.2, -0.15) is 0 Å². The largest absolute Gasteiger partial charge is 0.481 e. The SMILES string of the molecule is COc1ncc(-c2nc(N3CCCCC3)nc3c(CN4CC5CC4CN5C4COC4)csc23)cc1CS(C)(=O)=O. The van der Waals surface area contributed by atoms with E-state index in [1.54, 1.807) is 17.5 Å². The first-order chi connectivity index (χ1) is 19.4. The fourth-order valence-corrected chi connectivity index (χ4v) is 8.53. The standard InChI is InChI=1S/C28H36N6O4S2/c1-37-27-19(17-40(2,35)36)8-18(10-29-27)24-26-25(31-28(30-24)32-6-4-3-5-7-32)20(16-39-26)11-33-12-22-9-21(33)13-34(22)23-14-38-15-23/h8,10,16,21-23H,3-7,9,11-15,17H2,1-2H3. The quantitative estimate of drug-likeness (QED) is 0.393. The first kappa shape index (κ1) is 26.5. The summed E-state index contributed by atoms with van der Waals surface area (Å²) in [6, 6.07) is 3.67. The predicted octanol–water partition coefficient (Wildman–Crippen LogP) is 2.95. The molecule has 12 heteroatoms. The summed E-state index contributed by atoms with van der Waals surface area (Å²) in [7, 11) is -1.76. The number of piperidine rings is 1. The van der Waals surface area contributed by atoms with E-state index in [9.17, 15) is 8.42 Å². The zero-order valence-corrected chi connectivity index (χ0v) is 24.7. The minimum absolute atomic E-state index is 0.137. The lowest BCUT2D eigenvalue weighted by Crippen LogP contribution is -2.56. The Morgan fingerprint density at radius 1 is 1.07 bits per heavy atom. The number of sulfone groups is 1. The summed E-state index contributed by atoms with van der Waals surface area (Å²) in [6.45, 7) is 6.74. The van der Waals surface area contributed by atoms with Crippen molar-refractivity contribution in [3.8, 4) is 17.1 Å². The van der Waals surface area contributed by atoms with E-state index in [2.05, 4.69) is 25.1 Å². The molecular weight excluding hydrogens is 548 g/mol. The third-order valence-corrected chi connectivity index (χ3v) is 10.6. The molecule has 3 aromatic rings. The molecule has 2 bridgehead atoms. The van der Waals surface area contributed by atoms with E-state index in [1.165, 1.54) is 31.8 Å². The number of hydrogen-bond donors (Lipinski definition) is 0. The van der Waals surface area contributed by atoms with Crippen molar-refractivity contribution in [1.29, 1.82) is 0 Å². The molecule has 0 aromatic carbocycles. The highest BCUT2D eigenvalue weighted by Gasteiger charge is 2.47. The summed E-state index contributed by atoms with van der Waals surface area (Å²) in [5, 5.41) is 2.24. The Hall–Kier alpha value is -2.38. The molecule has 0 radical (unpaired) electrons. The molecule has 2 atom stereocenters. The van der Waals surface area contributed by atoms with Crippen LogP contribution in [-0.4, -0.2) is 104 Å². The Morgan fingerprint density at radius 2 is 1.90 bits per heavy atom. The lowest BCUT2D eigenvalue weighted by atomic mass is 10.1. The van der Waals surface area contributed by atoms with Gasteiger partial charge in [0.1, 0.15) is 0 Å². The van der Waals surface area contributed by atoms with E-state index in [0.29, 0.717) is 29.6 Å². The van der Waals surface area contributed by atoms with Crippen molar-refractivity contribution in [2.24, 2.45) is 0 Å². The Bertz CT molecular complexity index is 1520. The molecule has 0 spiro atoms. The third kappa shape index (κ3) is 4.98. The number of ether oxygens (including phenoxy) is 2. The Morgan fingerprint density at radius 3 is 2.58 bits per heavy atom. The molecule has 4 aliphatic heterocycles. The van der Waals surface area contributed by atoms with Crippen LogP contribution >= 0.6 is 11.3 Å². The molecule has 4 saturated heterocycles. The van der Waals surface area contributed by atoms with Crippen molar-refractivity contribution in [1.82, 2.24) is 24.8 Å². The van der Waals surface area contributed by atoms with Crippen LogP contribution in [-0.2, 0) is 26.9 Å². The molecule has 4 aliphatic rings. The van der Waals surface area contributed by atoms with E-state index < -0.39 is 9.84 Å². The fourth-order valence-electron chi connectivity index (χ4n) is 6.75. The summed E-state index contributed by atoms with van der Waals surface area (Å²) in [5.41, 5.74) is 4.39. The van der Waals surface area contributed by atoms with Crippen molar-refractivity contribution in [2.45, 2.75) is 56.1 Å². The summed E-state index contributed by atoms with van der Waals surface area (Å²) in [4.78, 5) is 22.3. The molecule has 3 aromatic heterocycles. The molecular formula is C28H36N6O4S2. The van der Waals surface area contributed by atoms with Gasteiger partial charge in [-0.05, 0) is 37.1 Å². The molecule has 2 unspecified atom stereocenters. The van der Waals surface area contributed by atoms with Crippen LogP contribution in [0.1, 0.15) is 36.8 Å². The van der Waals surface area contributed by atoms with Gasteiger partial charge in [0.2, 0.25) is 11.8 Å². The van der Waals surface area contributed by atoms with Crippen LogP contribution in [0.5, 0.6) is 5.88 Å². The number of nitrogens with zero attached hydrogens (tertiary/aromatic N) is 6. The molecule has 10 nitrogen and oxygen atoms in total. The molecule has 0 amide bonds. The monoisotopic (exact) mass is 584 g/mol. The zero-order valence-electron chi connectivity index (χ0n) is 23.1. The molecule has 214 valence electrons. The molecule has 7 rings (SSSR count). The lowest BCUT2D eigenvalue weighted by Gasteiger charge is -2.42. The molecule has 40 heavy (non-hydrogen) atoms. The van der Waals surface area contributed by atoms with Gasteiger partial charge in [-0.15, -0.1) is 11.3 Å². The van der Waals surface area contributed by atoms with Gasteiger partial charge in [0.25, 0.3) is 0 Å². The number of methoxy groups -OCH3 is 1. The smallest absolute Gasteiger partial charge is 0.226 e.